The second kappa shape index (κ2) is 5.61. The van der Waals surface area contributed by atoms with E-state index in [1.807, 2.05) is 0 Å². The number of carbonyl (C=O) groups excluding carboxylic acids is 1. The van der Waals surface area contributed by atoms with Crippen molar-refractivity contribution in [2.45, 2.75) is 13.5 Å². The Hall–Kier alpha value is -2.23. The van der Waals surface area contributed by atoms with Gasteiger partial charge in [0.15, 0.2) is 0 Å². The maximum Gasteiger partial charge on any atom is 0.254 e. The minimum atomic E-state index is -0.545. The van der Waals surface area contributed by atoms with Crippen LogP contribution in [0, 0.1) is 18.6 Å². The van der Waals surface area contributed by atoms with Crippen LogP contribution in [0.2, 0.25) is 0 Å². The number of amides is 1. The molecule has 0 saturated carbocycles. The number of halogens is 2. The largest absolute Gasteiger partial charge is 0.348 e. The molecule has 0 aliphatic carbocycles. The highest BCUT2D eigenvalue weighted by Crippen LogP contribution is 2.10. The molecule has 0 radical (unpaired) electrons. The summed E-state index contributed by atoms with van der Waals surface area (Å²) in [4.78, 5) is 11.8. The lowest BCUT2D eigenvalue weighted by Crippen LogP contribution is -2.23. The molecule has 2 rings (SSSR count). The molecular formula is C15H13F2NO. The second-order valence-electron chi connectivity index (χ2n) is 4.29. The molecule has 2 aromatic rings. The molecule has 4 heteroatoms. The molecule has 98 valence electrons. The summed E-state index contributed by atoms with van der Waals surface area (Å²) in [5.74, 6) is -1.36. The van der Waals surface area contributed by atoms with Crippen LogP contribution in [-0.2, 0) is 6.54 Å². The van der Waals surface area contributed by atoms with Gasteiger partial charge in [0.05, 0.1) is 5.56 Å². The first kappa shape index (κ1) is 13.2. The third-order valence-electron chi connectivity index (χ3n) is 2.74. The molecule has 0 atom stereocenters. The lowest BCUT2D eigenvalue weighted by atomic mass is 10.1. The molecule has 0 fully saturated rings. The molecule has 0 aromatic heterocycles. The van der Waals surface area contributed by atoms with E-state index in [1.54, 1.807) is 25.1 Å². The summed E-state index contributed by atoms with van der Waals surface area (Å²) >= 11 is 0. The minimum Gasteiger partial charge on any atom is -0.348 e. The van der Waals surface area contributed by atoms with Gasteiger partial charge in [0.1, 0.15) is 11.6 Å². The zero-order valence-electron chi connectivity index (χ0n) is 10.4. The summed E-state index contributed by atoms with van der Waals surface area (Å²) in [7, 11) is 0. The van der Waals surface area contributed by atoms with Crippen molar-refractivity contribution in [3.8, 4) is 0 Å². The molecular weight excluding hydrogens is 248 g/mol. The van der Waals surface area contributed by atoms with Gasteiger partial charge in [0, 0.05) is 6.54 Å². The maximum absolute atomic E-state index is 13.6. The van der Waals surface area contributed by atoms with Crippen molar-refractivity contribution < 1.29 is 13.6 Å². The summed E-state index contributed by atoms with van der Waals surface area (Å²) in [5.41, 5.74) is 1.52. The summed E-state index contributed by atoms with van der Waals surface area (Å²) in [6.45, 7) is 1.98. The number of benzene rings is 2. The number of hydrogen-bond acceptors (Lipinski definition) is 1. The van der Waals surface area contributed by atoms with Gasteiger partial charge in [-0.05, 0) is 42.3 Å². The Morgan fingerprint density at radius 3 is 2.42 bits per heavy atom. The lowest BCUT2D eigenvalue weighted by molar-refractivity contribution is 0.0947. The fraction of sp³-hybridized carbons (Fsp3) is 0.133. The van der Waals surface area contributed by atoms with E-state index in [0.29, 0.717) is 0 Å². The molecule has 2 nitrogen and oxygen atoms in total. The van der Waals surface area contributed by atoms with Crippen LogP contribution in [0.3, 0.4) is 0 Å². The molecule has 2 aromatic carbocycles. The fourth-order valence-corrected chi connectivity index (χ4v) is 1.68. The molecule has 0 saturated heterocycles. The van der Waals surface area contributed by atoms with Crippen LogP contribution in [0.1, 0.15) is 21.5 Å². The van der Waals surface area contributed by atoms with Gasteiger partial charge in [-0.3, -0.25) is 4.79 Å². The van der Waals surface area contributed by atoms with E-state index >= 15 is 0 Å². The molecule has 19 heavy (non-hydrogen) atoms. The van der Waals surface area contributed by atoms with E-state index in [9.17, 15) is 13.6 Å². The average molecular weight is 261 g/mol. The van der Waals surface area contributed by atoms with E-state index in [-0.39, 0.29) is 17.9 Å². The van der Waals surface area contributed by atoms with Crippen molar-refractivity contribution in [2.75, 3.05) is 0 Å². The van der Waals surface area contributed by atoms with Crippen LogP contribution in [0.4, 0.5) is 8.78 Å². The molecule has 0 bridgehead atoms. The van der Waals surface area contributed by atoms with Gasteiger partial charge < -0.3 is 5.32 Å². The van der Waals surface area contributed by atoms with Gasteiger partial charge in [0.25, 0.3) is 5.91 Å². The summed E-state index contributed by atoms with van der Waals surface area (Å²) in [6, 6.07) is 10.2. The van der Waals surface area contributed by atoms with Crippen LogP contribution in [0.15, 0.2) is 42.5 Å². The van der Waals surface area contributed by atoms with Gasteiger partial charge in [-0.15, -0.1) is 0 Å². The van der Waals surface area contributed by atoms with Gasteiger partial charge in [0.2, 0.25) is 0 Å². The summed E-state index contributed by atoms with van der Waals surface area (Å²) in [5, 5.41) is 2.59. The Balaban J connectivity index is 2.03. The van der Waals surface area contributed by atoms with Crippen molar-refractivity contribution in [3.05, 3.63) is 70.8 Å². The molecule has 1 N–H and O–H groups in total. The van der Waals surface area contributed by atoms with Gasteiger partial charge >= 0.3 is 0 Å². The Kier molecular flexibility index (Phi) is 3.90. The standard InChI is InChI=1S/C15H13F2NO/c1-10-2-7-13(14(17)8-10)15(19)18-9-11-3-5-12(16)6-4-11/h2-8H,9H2,1H3,(H,18,19). The highest BCUT2D eigenvalue weighted by Gasteiger charge is 2.11. The first-order valence-electron chi connectivity index (χ1n) is 5.85. The van der Waals surface area contributed by atoms with Crippen LogP contribution >= 0.6 is 0 Å². The summed E-state index contributed by atoms with van der Waals surface area (Å²) in [6.07, 6.45) is 0. The smallest absolute Gasteiger partial charge is 0.254 e. The normalized spacial score (nSPS) is 10.3. The number of hydrogen-bond donors (Lipinski definition) is 1. The Morgan fingerprint density at radius 1 is 1.11 bits per heavy atom. The zero-order chi connectivity index (χ0) is 13.8. The number of nitrogens with one attached hydrogen (secondary N) is 1. The van der Waals surface area contributed by atoms with Crippen molar-refractivity contribution in [3.63, 3.8) is 0 Å². The maximum atomic E-state index is 13.6. The Bertz CT molecular complexity index is 594. The number of carbonyl (C=O) groups is 1. The van der Waals surface area contributed by atoms with Crippen LogP contribution in [-0.4, -0.2) is 5.91 Å². The van der Waals surface area contributed by atoms with Crippen LogP contribution < -0.4 is 5.32 Å². The van der Waals surface area contributed by atoms with Crippen molar-refractivity contribution in [1.29, 1.82) is 0 Å². The van der Waals surface area contributed by atoms with Crippen molar-refractivity contribution >= 4 is 5.91 Å². The van der Waals surface area contributed by atoms with Gasteiger partial charge in [-0.25, -0.2) is 8.78 Å². The topological polar surface area (TPSA) is 29.1 Å². The quantitative estimate of drug-likeness (QED) is 0.903. The Labute approximate surface area is 110 Å². The zero-order valence-corrected chi connectivity index (χ0v) is 10.4. The first-order valence-corrected chi connectivity index (χ1v) is 5.85. The molecule has 0 aliphatic rings. The number of aryl methyl sites for hydroxylation is 1. The Morgan fingerprint density at radius 2 is 1.79 bits per heavy atom. The molecule has 0 heterocycles. The molecule has 0 unspecified atom stereocenters. The molecule has 0 spiro atoms. The second-order valence-corrected chi connectivity index (χ2v) is 4.29. The minimum absolute atomic E-state index is 0.00714. The molecule has 1 amide bonds. The van der Waals surface area contributed by atoms with Crippen LogP contribution in [0.5, 0.6) is 0 Å². The predicted octanol–water partition coefficient (Wildman–Crippen LogP) is 3.20. The third-order valence-corrected chi connectivity index (χ3v) is 2.74. The van der Waals surface area contributed by atoms with E-state index in [4.69, 9.17) is 0 Å². The summed E-state index contributed by atoms with van der Waals surface area (Å²) < 4.78 is 26.3. The van der Waals surface area contributed by atoms with Gasteiger partial charge in [-0.2, -0.15) is 0 Å². The van der Waals surface area contributed by atoms with E-state index in [0.717, 1.165) is 11.1 Å². The highest BCUT2D eigenvalue weighted by molar-refractivity contribution is 5.94. The first-order chi connectivity index (χ1) is 9.06. The monoisotopic (exact) mass is 261 g/mol. The molecule has 0 aliphatic heterocycles. The SMILES string of the molecule is Cc1ccc(C(=O)NCc2ccc(F)cc2)c(F)c1. The fourth-order valence-electron chi connectivity index (χ4n) is 1.68. The van der Waals surface area contributed by atoms with Crippen molar-refractivity contribution in [1.82, 2.24) is 5.32 Å². The average Bonchev–Trinajstić information content (AvgIpc) is 2.37. The lowest BCUT2D eigenvalue weighted by Gasteiger charge is -2.07. The van der Waals surface area contributed by atoms with E-state index in [2.05, 4.69) is 5.32 Å². The predicted molar refractivity (Wildman–Crippen MR) is 68.7 cm³/mol. The van der Waals surface area contributed by atoms with E-state index < -0.39 is 11.7 Å². The van der Waals surface area contributed by atoms with Crippen LogP contribution in [0.25, 0.3) is 0 Å². The van der Waals surface area contributed by atoms with Crippen molar-refractivity contribution in [2.24, 2.45) is 0 Å². The highest BCUT2D eigenvalue weighted by atomic mass is 19.1. The number of rotatable bonds is 3. The third kappa shape index (κ3) is 3.37. The van der Waals surface area contributed by atoms with E-state index in [1.165, 1.54) is 24.3 Å². The van der Waals surface area contributed by atoms with Gasteiger partial charge in [-0.1, -0.05) is 18.2 Å².